The molecule has 0 unspecified atom stereocenters. The molecule has 0 amide bonds. The normalized spacial score (nSPS) is 10.2. The van der Waals surface area contributed by atoms with E-state index in [1.165, 1.54) is 11.3 Å². The van der Waals surface area contributed by atoms with E-state index in [-0.39, 0.29) is 0 Å². The number of anilines is 1. The van der Waals surface area contributed by atoms with Crippen molar-refractivity contribution in [3.8, 4) is 16.5 Å². The molecule has 0 aliphatic heterocycles. The van der Waals surface area contributed by atoms with Crippen molar-refractivity contribution in [3.63, 3.8) is 0 Å². The molecule has 2 N–H and O–H groups in total. The summed E-state index contributed by atoms with van der Waals surface area (Å²) in [6.45, 7) is 1.88. The Kier molecular flexibility index (Phi) is 3.30. The molecule has 1 heterocycles. The smallest absolute Gasteiger partial charge is 0.105 e. The second-order valence-electron chi connectivity index (χ2n) is 3.54. The van der Waals surface area contributed by atoms with E-state index in [1.807, 2.05) is 13.0 Å². The highest BCUT2D eigenvalue weighted by molar-refractivity contribution is 7.19. The Bertz CT molecular complexity index is 626. The third-order valence-electron chi connectivity index (χ3n) is 2.47. The van der Waals surface area contributed by atoms with Gasteiger partial charge in [0, 0.05) is 4.88 Å². The van der Waals surface area contributed by atoms with Crippen LogP contribution in [-0.2, 0) is 0 Å². The molecule has 0 saturated carbocycles. The second-order valence-corrected chi connectivity index (χ2v) is 5.40. The molecule has 0 radical (unpaired) electrons. The predicted octanol–water partition coefficient (Wildman–Crippen LogP) is 4.48. The van der Waals surface area contributed by atoms with Gasteiger partial charge in [-0.15, -0.1) is 11.3 Å². The van der Waals surface area contributed by atoms with Crippen LogP contribution in [0.15, 0.2) is 18.2 Å². The molecule has 1 aromatic carbocycles. The van der Waals surface area contributed by atoms with Crippen LogP contribution < -0.4 is 5.73 Å². The summed E-state index contributed by atoms with van der Waals surface area (Å²) in [5.41, 5.74) is 8.14. The molecule has 1 aromatic heterocycles. The minimum atomic E-state index is 0.494. The average Bonchev–Trinajstić information content (AvgIpc) is 2.58. The van der Waals surface area contributed by atoms with Crippen molar-refractivity contribution < 1.29 is 0 Å². The summed E-state index contributed by atoms with van der Waals surface area (Å²) >= 11 is 13.2. The average molecular weight is 283 g/mol. The van der Waals surface area contributed by atoms with Crippen molar-refractivity contribution in [2.24, 2.45) is 0 Å². The Hall–Kier alpha value is -1.21. The lowest BCUT2D eigenvalue weighted by Crippen LogP contribution is -1.84. The number of nitrogens with two attached hydrogens (primary N) is 1. The van der Waals surface area contributed by atoms with Crippen molar-refractivity contribution >= 4 is 39.5 Å². The standard InChI is InChI=1S/C12H8Cl2N2S/c1-6-8(5-15)12(16)17-11(6)7-2-3-9(13)10(14)4-7/h2-4H,16H2,1H3. The van der Waals surface area contributed by atoms with E-state index in [9.17, 15) is 0 Å². The number of halogens is 2. The van der Waals surface area contributed by atoms with Crippen LogP contribution in [0.5, 0.6) is 0 Å². The first kappa shape index (κ1) is 12.3. The monoisotopic (exact) mass is 282 g/mol. The third kappa shape index (κ3) is 2.12. The molecule has 0 saturated heterocycles. The zero-order chi connectivity index (χ0) is 12.6. The van der Waals surface area contributed by atoms with Crippen molar-refractivity contribution in [1.82, 2.24) is 0 Å². The number of hydrogen-bond acceptors (Lipinski definition) is 3. The van der Waals surface area contributed by atoms with E-state index in [0.717, 1.165) is 16.0 Å². The number of benzene rings is 1. The minimum Gasteiger partial charge on any atom is -0.389 e. The van der Waals surface area contributed by atoms with Crippen LogP contribution in [0.4, 0.5) is 5.00 Å². The fourth-order valence-electron chi connectivity index (χ4n) is 1.59. The number of nitriles is 1. The van der Waals surface area contributed by atoms with Gasteiger partial charge in [0.2, 0.25) is 0 Å². The van der Waals surface area contributed by atoms with E-state index < -0.39 is 0 Å². The molecular formula is C12H8Cl2N2S. The van der Waals surface area contributed by atoms with Gasteiger partial charge in [0.15, 0.2) is 0 Å². The maximum absolute atomic E-state index is 8.99. The summed E-state index contributed by atoms with van der Waals surface area (Å²) in [5.74, 6) is 0. The second kappa shape index (κ2) is 4.58. The number of thiophene rings is 1. The van der Waals surface area contributed by atoms with E-state index in [0.29, 0.717) is 20.6 Å². The minimum absolute atomic E-state index is 0.494. The highest BCUT2D eigenvalue weighted by Crippen LogP contribution is 2.39. The van der Waals surface area contributed by atoms with Gasteiger partial charge in [-0.2, -0.15) is 5.26 Å². The summed E-state index contributed by atoms with van der Waals surface area (Å²) in [7, 11) is 0. The van der Waals surface area contributed by atoms with E-state index in [1.54, 1.807) is 12.1 Å². The van der Waals surface area contributed by atoms with Gasteiger partial charge in [0.25, 0.3) is 0 Å². The van der Waals surface area contributed by atoms with E-state index in [2.05, 4.69) is 6.07 Å². The summed E-state index contributed by atoms with van der Waals surface area (Å²) in [5, 5.41) is 10.5. The van der Waals surface area contributed by atoms with Crippen LogP contribution in [0.3, 0.4) is 0 Å². The van der Waals surface area contributed by atoms with Gasteiger partial charge in [0.1, 0.15) is 11.1 Å². The van der Waals surface area contributed by atoms with Gasteiger partial charge in [-0.05, 0) is 30.2 Å². The summed E-state index contributed by atoms with van der Waals surface area (Å²) in [4.78, 5) is 0.956. The fraction of sp³-hybridized carbons (Fsp3) is 0.0833. The molecule has 17 heavy (non-hydrogen) atoms. The SMILES string of the molecule is Cc1c(-c2ccc(Cl)c(Cl)c2)sc(N)c1C#N. The first-order valence-corrected chi connectivity index (χ1v) is 6.36. The van der Waals surface area contributed by atoms with Gasteiger partial charge < -0.3 is 5.73 Å². The molecule has 5 heteroatoms. The van der Waals surface area contributed by atoms with Crippen molar-refractivity contribution in [2.75, 3.05) is 5.73 Å². The van der Waals surface area contributed by atoms with Crippen LogP contribution >= 0.6 is 34.5 Å². The lowest BCUT2D eigenvalue weighted by atomic mass is 10.1. The number of rotatable bonds is 1. The van der Waals surface area contributed by atoms with Crippen molar-refractivity contribution in [3.05, 3.63) is 39.4 Å². The maximum atomic E-state index is 8.99. The first-order valence-electron chi connectivity index (χ1n) is 4.79. The molecular weight excluding hydrogens is 275 g/mol. The Balaban J connectivity index is 2.62. The van der Waals surface area contributed by atoms with Gasteiger partial charge >= 0.3 is 0 Å². The lowest BCUT2D eigenvalue weighted by molar-refractivity contribution is 1.44. The molecule has 0 spiro atoms. The lowest BCUT2D eigenvalue weighted by Gasteiger charge is -2.02. The van der Waals surface area contributed by atoms with Crippen LogP contribution in [0.2, 0.25) is 10.0 Å². The Labute approximate surface area is 113 Å². The molecule has 0 aliphatic rings. The highest BCUT2D eigenvalue weighted by atomic mass is 35.5. The number of nitrogens with zero attached hydrogens (tertiary/aromatic N) is 1. The Morgan fingerprint density at radius 2 is 2.00 bits per heavy atom. The van der Waals surface area contributed by atoms with Crippen LogP contribution in [0.1, 0.15) is 11.1 Å². The van der Waals surface area contributed by atoms with Crippen LogP contribution in [0.25, 0.3) is 10.4 Å². The van der Waals surface area contributed by atoms with Gasteiger partial charge in [-0.25, -0.2) is 0 Å². The molecule has 2 nitrogen and oxygen atoms in total. The third-order valence-corrected chi connectivity index (χ3v) is 4.38. The topological polar surface area (TPSA) is 49.8 Å². The van der Waals surface area contributed by atoms with Gasteiger partial charge in [0.05, 0.1) is 15.6 Å². The van der Waals surface area contributed by atoms with E-state index >= 15 is 0 Å². The maximum Gasteiger partial charge on any atom is 0.105 e. The first-order chi connectivity index (χ1) is 8.04. The van der Waals surface area contributed by atoms with Gasteiger partial charge in [-0.1, -0.05) is 29.3 Å². The number of nitrogen functional groups attached to an aromatic ring is 1. The molecule has 2 rings (SSSR count). The molecule has 2 aromatic rings. The largest absolute Gasteiger partial charge is 0.389 e. The molecule has 0 bridgehead atoms. The zero-order valence-electron chi connectivity index (χ0n) is 8.92. The van der Waals surface area contributed by atoms with Crippen molar-refractivity contribution in [2.45, 2.75) is 6.92 Å². The molecule has 86 valence electrons. The molecule has 0 aliphatic carbocycles. The quantitative estimate of drug-likeness (QED) is 0.838. The van der Waals surface area contributed by atoms with Crippen LogP contribution in [-0.4, -0.2) is 0 Å². The number of hydrogen-bond donors (Lipinski definition) is 1. The van der Waals surface area contributed by atoms with Gasteiger partial charge in [-0.3, -0.25) is 0 Å². The Morgan fingerprint density at radius 1 is 1.29 bits per heavy atom. The summed E-state index contributed by atoms with van der Waals surface area (Å²) in [6, 6.07) is 7.49. The summed E-state index contributed by atoms with van der Waals surface area (Å²) < 4.78 is 0. The predicted molar refractivity (Wildman–Crippen MR) is 73.6 cm³/mol. The zero-order valence-corrected chi connectivity index (χ0v) is 11.2. The molecule has 0 atom stereocenters. The summed E-state index contributed by atoms with van der Waals surface area (Å²) in [6.07, 6.45) is 0. The Morgan fingerprint density at radius 3 is 2.53 bits per heavy atom. The highest BCUT2D eigenvalue weighted by Gasteiger charge is 2.14. The van der Waals surface area contributed by atoms with Crippen molar-refractivity contribution in [1.29, 1.82) is 5.26 Å². The van der Waals surface area contributed by atoms with E-state index in [4.69, 9.17) is 34.2 Å². The fourth-order valence-corrected chi connectivity index (χ4v) is 2.91. The van der Waals surface area contributed by atoms with Crippen LogP contribution in [0, 0.1) is 18.3 Å². The molecule has 0 fully saturated rings.